The molecule has 1 unspecified atom stereocenters. The minimum Gasteiger partial charge on any atom is -0.480 e. The molecule has 1 atom stereocenters. The Bertz CT molecular complexity index is 608. The van der Waals surface area contributed by atoms with Crippen molar-refractivity contribution in [2.24, 2.45) is 0 Å². The average Bonchev–Trinajstić information content (AvgIpc) is 3.06. The predicted molar refractivity (Wildman–Crippen MR) is 93.1 cm³/mol. The molecular weight excluding hydrogens is 354 g/mol. The Morgan fingerprint density at radius 2 is 2.04 bits per heavy atom. The molecule has 24 heavy (non-hydrogen) atoms. The Morgan fingerprint density at radius 1 is 1.42 bits per heavy atom. The lowest BCUT2D eigenvalue weighted by atomic mass is 10.2. The third kappa shape index (κ3) is 5.24. The minimum absolute atomic E-state index is 0.0684. The van der Waals surface area contributed by atoms with Crippen molar-refractivity contribution in [2.45, 2.75) is 51.7 Å². The van der Waals surface area contributed by atoms with E-state index in [-0.39, 0.29) is 6.42 Å². The molecular formula is C15H22ClN3O4S. The normalized spacial score (nSPS) is 16.1. The number of aromatic nitrogens is 1. The molecule has 1 fully saturated rings. The van der Waals surface area contributed by atoms with Crippen molar-refractivity contribution in [3.8, 4) is 0 Å². The van der Waals surface area contributed by atoms with Crippen LogP contribution < -0.4 is 10.2 Å². The number of aliphatic carboxylic acids is 1. The number of rotatable bonds is 5. The quantitative estimate of drug-likeness (QED) is 0.822. The number of alkyl carbamates (subject to hydrolysis) is 1. The van der Waals surface area contributed by atoms with Crippen molar-refractivity contribution in [1.29, 1.82) is 0 Å². The van der Waals surface area contributed by atoms with E-state index in [2.05, 4.69) is 15.2 Å². The lowest BCUT2D eigenvalue weighted by molar-refractivity contribution is -0.139. The summed E-state index contributed by atoms with van der Waals surface area (Å²) in [6.45, 7) is 7.00. The number of carboxylic acids is 1. The summed E-state index contributed by atoms with van der Waals surface area (Å²) in [4.78, 5) is 30.3. The number of hydrogen-bond acceptors (Lipinski definition) is 6. The van der Waals surface area contributed by atoms with E-state index in [0.29, 0.717) is 10.0 Å². The van der Waals surface area contributed by atoms with Crippen LogP contribution in [0.2, 0.25) is 5.15 Å². The second kappa shape index (κ2) is 7.57. The second-order valence-electron chi connectivity index (χ2n) is 6.65. The maximum atomic E-state index is 11.8. The van der Waals surface area contributed by atoms with Crippen LogP contribution in [0.1, 0.15) is 38.5 Å². The summed E-state index contributed by atoms with van der Waals surface area (Å²) >= 11 is 7.52. The number of nitrogens with zero attached hydrogens (tertiary/aromatic N) is 2. The molecule has 0 aromatic carbocycles. The SMILES string of the molecule is CC(C)(C)OC(=O)NC(Cc1sc(N2CCCC2)nc1Cl)C(=O)O. The summed E-state index contributed by atoms with van der Waals surface area (Å²) in [6, 6.07) is -1.12. The van der Waals surface area contributed by atoms with Crippen molar-refractivity contribution in [2.75, 3.05) is 18.0 Å². The van der Waals surface area contributed by atoms with Gasteiger partial charge in [-0.05, 0) is 33.6 Å². The van der Waals surface area contributed by atoms with E-state index in [4.69, 9.17) is 16.3 Å². The molecule has 134 valence electrons. The Hall–Kier alpha value is -1.54. The molecule has 0 bridgehead atoms. The Kier molecular flexibility index (Phi) is 5.92. The molecule has 9 heteroatoms. The topological polar surface area (TPSA) is 91.8 Å². The lowest BCUT2D eigenvalue weighted by Gasteiger charge is -2.21. The number of hydrogen-bond donors (Lipinski definition) is 2. The van der Waals surface area contributed by atoms with E-state index in [0.717, 1.165) is 31.1 Å². The van der Waals surface area contributed by atoms with Crippen molar-refractivity contribution < 1.29 is 19.4 Å². The molecule has 1 aromatic heterocycles. The van der Waals surface area contributed by atoms with Gasteiger partial charge in [-0.3, -0.25) is 0 Å². The summed E-state index contributed by atoms with van der Waals surface area (Å²) in [5.41, 5.74) is -0.696. The van der Waals surface area contributed by atoms with E-state index in [1.807, 2.05) is 0 Å². The van der Waals surface area contributed by atoms with Crippen LogP contribution in [0.15, 0.2) is 0 Å². The first kappa shape index (κ1) is 18.8. The zero-order valence-corrected chi connectivity index (χ0v) is 15.5. The van der Waals surface area contributed by atoms with Gasteiger partial charge >= 0.3 is 12.1 Å². The van der Waals surface area contributed by atoms with Gasteiger partial charge in [0.15, 0.2) is 5.13 Å². The van der Waals surface area contributed by atoms with Crippen molar-refractivity contribution in [1.82, 2.24) is 10.3 Å². The standard InChI is InChI=1S/C15H22ClN3O4S/c1-15(2,3)23-14(22)17-9(12(20)21)8-10-11(16)18-13(24-10)19-6-4-5-7-19/h9H,4-8H2,1-3H3,(H,17,22)(H,20,21). The third-order valence-corrected chi connectivity index (χ3v) is 4.96. The maximum Gasteiger partial charge on any atom is 0.408 e. The number of halogens is 1. The Balaban J connectivity index is 2.05. The van der Waals surface area contributed by atoms with Gasteiger partial charge in [-0.15, -0.1) is 11.3 Å². The summed E-state index contributed by atoms with van der Waals surface area (Å²) in [5.74, 6) is -1.15. The van der Waals surface area contributed by atoms with Gasteiger partial charge in [0.25, 0.3) is 0 Å². The maximum absolute atomic E-state index is 11.8. The molecule has 7 nitrogen and oxygen atoms in total. The summed E-state index contributed by atoms with van der Waals surface area (Å²) in [6.07, 6.45) is 1.53. The number of carbonyl (C=O) groups excluding carboxylic acids is 1. The highest BCUT2D eigenvalue weighted by molar-refractivity contribution is 7.16. The summed E-state index contributed by atoms with van der Waals surface area (Å²) in [5, 5.41) is 12.8. The fourth-order valence-corrected chi connectivity index (χ4v) is 3.70. The van der Waals surface area contributed by atoms with Crippen LogP contribution in [0.3, 0.4) is 0 Å². The molecule has 0 saturated carbocycles. The van der Waals surface area contributed by atoms with Gasteiger partial charge in [0.05, 0.1) is 0 Å². The number of carboxylic acid groups (broad SMARTS) is 1. The molecule has 2 N–H and O–H groups in total. The van der Waals surface area contributed by atoms with E-state index in [9.17, 15) is 14.7 Å². The first-order valence-corrected chi connectivity index (χ1v) is 8.97. The van der Waals surface area contributed by atoms with Crippen LogP contribution in [0.5, 0.6) is 0 Å². The first-order valence-electron chi connectivity index (χ1n) is 7.78. The largest absolute Gasteiger partial charge is 0.480 e. The monoisotopic (exact) mass is 375 g/mol. The van der Waals surface area contributed by atoms with Crippen molar-refractivity contribution in [3.05, 3.63) is 10.0 Å². The van der Waals surface area contributed by atoms with Crippen LogP contribution in [0.25, 0.3) is 0 Å². The van der Waals surface area contributed by atoms with Gasteiger partial charge in [-0.2, -0.15) is 0 Å². The summed E-state index contributed by atoms with van der Waals surface area (Å²) < 4.78 is 5.11. The number of carbonyl (C=O) groups is 2. The molecule has 2 heterocycles. The number of amides is 1. The fourth-order valence-electron chi connectivity index (χ4n) is 2.33. The smallest absolute Gasteiger partial charge is 0.408 e. The van der Waals surface area contributed by atoms with Crippen molar-refractivity contribution >= 4 is 40.1 Å². The zero-order valence-electron chi connectivity index (χ0n) is 14.0. The third-order valence-electron chi connectivity index (χ3n) is 3.39. The number of nitrogens with one attached hydrogen (secondary N) is 1. The number of thiazole rings is 1. The average molecular weight is 376 g/mol. The van der Waals surface area contributed by atoms with E-state index in [1.165, 1.54) is 11.3 Å². The summed E-state index contributed by atoms with van der Waals surface area (Å²) in [7, 11) is 0. The molecule has 1 amide bonds. The molecule has 2 rings (SSSR count). The van der Waals surface area contributed by atoms with Gasteiger partial charge < -0.3 is 20.1 Å². The lowest BCUT2D eigenvalue weighted by Crippen LogP contribution is -2.44. The van der Waals surface area contributed by atoms with Crippen LogP contribution >= 0.6 is 22.9 Å². The molecule has 1 aliphatic heterocycles. The molecule has 1 saturated heterocycles. The van der Waals surface area contributed by atoms with Crippen LogP contribution in [-0.4, -0.2) is 46.9 Å². The Labute approximate surface area is 150 Å². The van der Waals surface area contributed by atoms with Crippen LogP contribution in [-0.2, 0) is 16.0 Å². The molecule has 1 aliphatic rings. The van der Waals surface area contributed by atoms with Gasteiger partial charge in [0, 0.05) is 24.4 Å². The molecule has 0 spiro atoms. The van der Waals surface area contributed by atoms with E-state index in [1.54, 1.807) is 20.8 Å². The fraction of sp³-hybridized carbons (Fsp3) is 0.667. The molecule has 0 aliphatic carbocycles. The first-order chi connectivity index (χ1) is 11.2. The minimum atomic E-state index is -1.15. The highest BCUT2D eigenvalue weighted by Gasteiger charge is 2.27. The number of anilines is 1. The van der Waals surface area contributed by atoms with Crippen LogP contribution in [0, 0.1) is 0 Å². The van der Waals surface area contributed by atoms with Gasteiger partial charge in [0.2, 0.25) is 0 Å². The van der Waals surface area contributed by atoms with Gasteiger partial charge in [-0.1, -0.05) is 11.6 Å². The van der Waals surface area contributed by atoms with Gasteiger partial charge in [-0.25, -0.2) is 14.6 Å². The van der Waals surface area contributed by atoms with Crippen molar-refractivity contribution in [3.63, 3.8) is 0 Å². The Morgan fingerprint density at radius 3 is 2.58 bits per heavy atom. The van der Waals surface area contributed by atoms with Crippen LogP contribution in [0.4, 0.5) is 9.93 Å². The second-order valence-corrected chi connectivity index (χ2v) is 8.07. The molecule has 1 aromatic rings. The predicted octanol–water partition coefficient (Wildman–Crippen LogP) is 2.92. The number of ether oxygens (including phenoxy) is 1. The highest BCUT2D eigenvalue weighted by Crippen LogP contribution is 2.32. The van der Waals surface area contributed by atoms with E-state index >= 15 is 0 Å². The van der Waals surface area contributed by atoms with E-state index < -0.39 is 23.7 Å². The zero-order chi connectivity index (χ0) is 17.9. The van der Waals surface area contributed by atoms with Gasteiger partial charge in [0.1, 0.15) is 16.8 Å². The molecule has 0 radical (unpaired) electrons. The highest BCUT2D eigenvalue weighted by atomic mass is 35.5.